The smallest absolute Gasteiger partial charge is 0.338 e. The van der Waals surface area contributed by atoms with Gasteiger partial charge in [-0.25, -0.2) is 14.2 Å². The number of carbonyl (C=O) groups excluding carboxylic acids is 1. The number of amidine groups is 1. The van der Waals surface area contributed by atoms with E-state index in [2.05, 4.69) is 4.99 Å². The molecule has 0 spiro atoms. The Kier molecular flexibility index (Phi) is 7.48. The van der Waals surface area contributed by atoms with E-state index in [1.807, 2.05) is 23.4 Å². The zero-order valence-corrected chi connectivity index (χ0v) is 20.6. The molecule has 2 aliphatic heterocycles. The van der Waals surface area contributed by atoms with Crippen molar-refractivity contribution in [2.75, 3.05) is 13.2 Å². The maximum Gasteiger partial charge on any atom is 0.338 e. The Morgan fingerprint density at radius 2 is 2.00 bits per heavy atom. The van der Waals surface area contributed by atoms with Crippen molar-refractivity contribution in [1.29, 1.82) is 0 Å². The fourth-order valence-corrected chi connectivity index (χ4v) is 4.88. The molecule has 2 aliphatic rings. The third-order valence-corrected chi connectivity index (χ3v) is 6.34. The van der Waals surface area contributed by atoms with Crippen LogP contribution >= 0.6 is 23.4 Å². The predicted molar refractivity (Wildman–Crippen MR) is 131 cm³/mol. The molecule has 6 nitrogen and oxygen atoms in total. The zero-order valence-electron chi connectivity index (χ0n) is 19.0. The third kappa shape index (κ3) is 4.79. The van der Waals surface area contributed by atoms with E-state index < -0.39 is 12.0 Å². The minimum atomic E-state index is -0.505. The van der Waals surface area contributed by atoms with Crippen molar-refractivity contribution < 1.29 is 23.4 Å². The van der Waals surface area contributed by atoms with Gasteiger partial charge in [0.25, 0.3) is 0 Å². The number of fused-ring (bicyclic) bond motifs is 1. The van der Waals surface area contributed by atoms with E-state index in [0.717, 1.165) is 5.17 Å². The molecule has 34 heavy (non-hydrogen) atoms. The number of hydrogen-bond donors (Lipinski definition) is 0. The summed E-state index contributed by atoms with van der Waals surface area (Å²) in [5.74, 6) is -0.0839. The highest BCUT2D eigenvalue weighted by molar-refractivity contribution is 8.16. The normalized spacial score (nSPS) is 16.9. The van der Waals surface area contributed by atoms with Gasteiger partial charge in [-0.2, -0.15) is 0 Å². The first-order valence-corrected chi connectivity index (χ1v) is 12.1. The van der Waals surface area contributed by atoms with Gasteiger partial charge in [0.2, 0.25) is 0 Å². The van der Waals surface area contributed by atoms with Gasteiger partial charge >= 0.3 is 5.97 Å². The van der Waals surface area contributed by atoms with Gasteiger partial charge in [-0.05, 0) is 49.9 Å². The van der Waals surface area contributed by atoms with Crippen LogP contribution in [0.2, 0.25) is 5.02 Å². The van der Waals surface area contributed by atoms with Crippen LogP contribution in [0.1, 0.15) is 37.9 Å². The van der Waals surface area contributed by atoms with Gasteiger partial charge in [-0.1, -0.05) is 41.6 Å². The Bertz CT molecular complexity index is 1200. The van der Waals surface area contributed by atoms with Gasteiger partial charge in [0.05, 0.1) is 35.5 Å². The largest absolute Gasteiger partial charge is 0.490 e. The van der Waals surface area contributed by atoms with Gasteiger partial charge in [0.1, 0.15) is 12.4 Å². The number of esters is 1. The topological polar surface area (TPSA) is 60.4 Å². The predicted octanol–water partition coefficient (Wildman–Crippen LogP) is 6.22. The van der Waals surface area contributed by atoms with Crippen LogP contribution in [-0.2, 0) is 16.1 Å². The highest BCUT2D eigenvalue weighted by Crippen LogP contribution is 2.45. The Balaban J connectivity index is 1.74. The fourth-order valence-electron chi connectivity index (χ4n) is 3.81. The maximum absolute atomic E-state index is 14.1. The summed E-state index contributed by atoms with van der Waals surface area (Å²) >= 11 is 8.13. The number of benzene rings is 2. The number of rotatable bonds is 8. The zero-order chi connectivity index (χ0) is 24.2. The molecule has 0 fully saturated rings. The second-order valence-corrected chi connectivity index (χ2v) is 8.75. The van der Waals surface area contributed by atoms with E-state index in [9.17, 15) is 9.18 Å². The van der Waals surface area contributed by atoms with Crippen molar-refractivity contribution in [3.05, 3.63) is 81.2 Å². The van der Waals surface area contributed by atoms with E-state index in [1.165, 1.54) is 17.8 Å². The summed E-state index contributed by atoms with van der Waals surface area (Å²) in [6, 6.07) is 9.41. The fraction of sp³-hybridized carbons (Fsp3) is 0.280. The molecular formula is C25H24ClFN2O4S. The quantitative estimate of drug-likeness (QED) is 0.399. The van der Waals surface area contributed by atoms with Gasteiger partial charge < -0.3 is 19.1 Å². The summed E-state index contributed by atoms with van der Waals surface area (Å²) in [6.45, 7) is 6.01. The van der Waals surface area contributed by atoms with Crippen molar-refractivity contribution in [3.8, 4) is 11.5 Å². The number of carbonyl (C=O) groups is 1. The Morgan fingerprint density at radius 1 is 1.21 bits per heavy atom. The summed E-state index contributed by atoms with van der Waals surface area (Å²) in [5.41, 5.74) is 2.13. The number of halogens is 2. The average molecular weight is 503 g/mol. The van der Waals surface area contributed by atoms with Crippen molar-refractivity contribution in [1.82, 2.24) is 4.90 Å². The van der Waals surface area contributed by atoms with Crippen LogP contribution in [0.15, 0.2) is 64.3 Å². The van der Waals surface area contributed by atoms with Crippen molar-refractivity contribution in [2.45, 2.75) is 33.4 Å². The summed E-state index contributed by atoms with van der Waals surface area (Å²) < 4.78 is 31.1. The number of nitrogens with zero attached hydrogens (tertiary/aromatic N) is 2. The lowest BCUT2D eigenvalue weighted by Gasteiger charge is -2.33. The minimum Gasteiger partial charge on any atom is -0.490 e. The molecule has 4 rings (SSSR count). The van der Waals surface area contributed by atoms with E-state index in [-0.39, 0.29) is 24.1 Å². The van der Waals surface area contributed by atoms with Gasteiger partial charge in [0.15, 0.2) is 16.7 Å². The lowest BCUT2D eigenvalue weighted by Crippen LogP contribution is -2.34. The molecule has 2 aromatic rings. The van der Waals surface area contributed by atoms with Crippen molar-refractivity contribution in [2.24, 2.45) is 4.99 Å². The summed E-state index contributed by atoms with van der Waals surface area (Å²) in [5, 5.41) is 2.95. The molecule has 0 saturated heterocycles. The summed E-state index contributed by atoms with van der Waals surface area (Å²) in [7, 11) is 0. The SMILES string of the molecule is CCOC(=O)C1=C(C)N=C2SC=CN2[C@@H]1c1cc(Cl)c(OCc2ccccc2F)c(OCC)c1. The lowest BCUT2D eigenvalue weighted by atomic mass is 9.94. The average Bonchev–Trinajstić information content (AvgIpc) is 3.26. The van der Waals surface area contributed by atoms with E-state index in [1.54, 1.807) is 44.2 Å². The Labute approximate surface area is 207 Å². The molecular weight excluding hydrogens is 479 g/mol. The molecule has 0 unspecified atom stereocenters. The summed E-state index contributed by atoms with van der Waals surface area (Å²) in [4.78, 5) is 19.4. The van der Waals surface area contributed by atoms with E-state index in [0.29, 0.717) is 40.5 Å². The van der Waals surface area contributed by atoms with Crippen LogP contribution in [0, 0.1) is 5.82 Å². The highest BCUT2D eigenvalue weighted by atomic mass is 35.5. The lowest BCUT2D eigenvalue weighted by molar-refractivity contribution is -0.139. The molecule has 0 N–H and O–H groups in total. The second-order valence-electron chi connectivity index (χ2n) is 7.47. The standard InChI is InChI=1S/C25H24ClFN2O4S/c1-4-31-20-13-17(12-18(26)23(20)33-14-16-8-6-7-9-19(16)27)22-21(24(30)32-5-2)15(3)28-25-29(22)10-11-34-25/h6-13,22H,4-5,14H2,1-3H3/t22-/m1/s1. The van der Waals surface area contributed by atoms with E-state index in [4.69, 9.17) is 25.8 Å². The van der Waals surface area contributed by atoms with Crippen LogP contribution < -0.4 is 9.47 Å². The number of aliphatic imine (C=N–C) groups is 1. The molecule has 0 aromatic heterocycles. The van der Waals surface area contributed by atoms with Gasteiger partial charge in [0, 0.05) is 11.8 Å². The van der Waals surface area contributed by atoms with Crippen LogP contribution in [0.25, 0.3) is 0 Å². The van der Waals surface area contributed by atoms with Crippen LogP contribution in [0.4, 0.5) is 4.39 Å². The van der Waals surface area contributed by atoms with Gasteiger partial charge in [-0.3, -0.25) is 0 Å². The highest BCUT2D eigenvalue weighted by Gasteiger charge is 2.38. The number of thioether (sulfide) groups is 1. The Hall–Kier alpha value is -2.97. The van der Waals surface area contributed by atoms with E-state index >= 15 is 0 Å². The molecule has 0 radical (unpaired) electrons. The number of ether oxygens (including phenoxy) is 3. The molecule has 0 bridgehead atoms. The number of hydrogen-bond acceptors (Lipinski definition) is 7. The second kappa shape index (κ2) is 10.5. The monoisotopic (exact) mass is 502 g/mol. The molecule has 178 valence electrons. The first-order chi connectivity index (χ1) is 16.4. The van der Waals surface area contributed by atoms with Crippen LogP contribution in [-0.4, -0.2) is 29.3 Å². The molecule has 2 heterocycles. The van der Waals surface area contributed by atoms with Crippen molar-refractivity contribution >= 4 is 34.5 Å². The molecule has 0 saturated carbocycles. The third-order valence-electron chi connectivity index (χ3n) is 5.29. The molecule has 9 heteroatoms. The Morgan fingerprint density at radius 3 is 2.74 bits per heavy atom. The maximum atomic E-state index is 14.1. The molecule has 0 amide bonds. The van der Waals surface area contributed by atoms with Crippen LogP contribution in [0.5, 0.6) is 11.5 Å². The summed E-state index contributed by atoms with van der Waals surface area (Å²) in [6.07, 6.45) is 1.87. The molecule has 1 atom stereocenters. The van der Waals surface area contributed by atoms with Crippen LogP contribution in [0.3, 0.4) is 0 Å². The number of allylic oxidation sites excluding steroid dienone is 1. The van der Waals surface area contributed by atoms with Crippen molar-refractivity contribution in [3.63, 3.8) is 0 Å². The first-order valence-electron chi connectivity index (χ1n) is 10.8. The molecule has 0 aliphatic carbocycles. The minimum absolute atomic E-state index is 0.00929. The molecule has 2 aromatic carbocycles. The van der Waals surface area contributed by atoms with Gasteiger partial charge in [-0.15, -0.1) is 0 Å². The first kappa shape index (κ1) is 24.2.